The molecule has 98 valence electrons. The van der Waals surface area contributed by atoms with Crippen molar-refractivity contribution in [3.05, 3.63) is 0 Å². The van der Waals surface area contributed by atoms with Gasteiger partial charge in [0.15, 0.2) is 0 Å². The van der Waals surface area contributed by atoms with Crippen LogP contribution in [0.15, 0.2) is 0 Å². The highest BCUT2D eigenvalue weighted by molar-refractivity contribution is 5.78. The van der Waals surface area contributed by atoms with Crippen LogP contribution in [0.2, 0.25) is 0 Å². The van der Waals surface area contributed by atoms with Crippen molar-refractivity contribution < 1.29 is 4.79 Å². The first kappa shape index (κ1) is 12.9. The molecule has 2 aliphatic rings. The molecule has 1 saturated heterocycles. The highest BCUT2D eigenvalue weighted by atomic mass is 16.1. The summed E-state index contributed by atoms with van der Waals surface area (Å²) in [6, 6.07) is 0. The van der Waals surface area contributed by atoms with E-state index in [1.54, 1.807) is 0 Å². The van der Waals surface area contributed by atoms with Crippen LogP contribution in [0.3, 0.4) is 0 Å². The number of hydrogen-bond acceptors (Lipinski definition) is 2. The van der Waals surface area contributed by atoms with Crippen molar-refractivity contribution >= 4 is 5.91 Å². The Kier molecular flexibility index (Phi) is 5.30. The van der Waals surface area contributed by atoms with Crippen LogP contribution in [0, 0.1) is 11.8 Å². The molecule has 3 heteroatoms. The molecular weight excluding hydrogens is 212 g/mol. The average Bonchev–Trinajstić information content (AvgIpc) is 2.66. The minimum atomic E-state index is 0.305. The van der Waals surface area contributed by atoms with E-state index in [9.17, 15) is 4.79 Å². The van der Waals surface area contributed by atoms with E-state index in [-0.39, 0.29) is 0 Å². The maximum absolute atomic E-state index is 12.1. The van der Waals surface area contributed by atoms with Crippen LogP contribution in [-0.4, -0.2) is 25.5 Å². The summed E-state index contributed by atoms with van der Waals surface area (Å²) >= 11 is 0. The normalized spacial score (nSPS) is 24.2. The minimum absolute atomic E-state index is 0.305. The smallest absolute Gasteiger partial charge is 0.223 e. The van der Waals surface area contributed by atoms with Crippen molar-refractivity contribution in [1.82, 2.24) is 10.6 Å². The van der Waals surface area contributed by atoms with Crippen LogP contribution in [0.1, 0.15) is 51.4 Å². The first-order valence-corrected chi connectivity index (χ1v) is 7.34. The minimum Gasteiger partial charge on any atom is -0.356 e. The molecule has 1 aliphatic carbocycles. The Balaban J connectivity index is 1.68. The van der Waals surface area contributed by atoms with Crippen molar-refractivity contribution in [2.45, 2.75) is 51.4 Å². The van der Waals surface area contributed by atoms with E-state index < -0.39 is 0 Å². The second-order valence-corrected chi connectivity index (χ2v) is 5.63. The Bertz CT molecular complexity index is 228. The number of amides is 1. The van der Waals surface area contributed by atoms with Gasteiger partial charge in [0.05, 0.1) is 0 Å². The maximum atomic E-state index is 12.1. The Labute approximate surface area is 105 Å². The topological polar surface area (TPSA) is 41.1 Å². The van der Waals surface area contributed by atoms with E-state index in [0.29, 0.717) is 17.7 Å². The van der Waals surface area contributed by atoms with Gasteiger partial charge in [0, 0.05) is 12.5 Å². The number of nitrogens with one attached hydrogen (secondary N) is 2. The number of hydrogen-bond donors (Lipinski definition) is 2. The predicted molar refractivity (Wildman–Crippen MR) is 69.8 cm³/mol. The summed E-state index contributed by atoms with van der Waals surface area (Å²) in [5.74, 6) is 1.33. The third-order valence-corrected chi connectivity index (χ3v) is 4.25. The van der Waals surface area contributed by atoms with Crippen molar-refractivity contribution in [2.75, 3.05) is 19.6 Å². The van der Waals surface area contributed by atoms with Crippen LogP contribution in [0.5, 0.6) is 0 Å². The van der Waals surface area contributed by atoms with Crippen LogP contribution in [0.4, 0.5) is 0 Å². The third kappa shape index (κ3) is 4.30. The fourth-order valence-corrected chi connectivity index (χ4v) is 3.02. The van der Waals surface area contributed by atoms with Gasteiger partial charge in [0.25, 0.3) is 0 Å². The summed E-state index contributed by atoms with van der Waals surface area (Å²) in [4.78, 5) is 12.1. The predicted octanol–water partition coefficient (Wildman–Crippen LogP) is 2.07. The second-order valence-electron chi connectivity index (χ2n) is 5.63. The quantitative estimate of drug-likeness (QED) is 0.739. The Morgan fingerprint density at radius 2 is 1.65 bits per heavy atom. The SMILES string of the molecule is O=C(NCC1CCNCC1)C1CCCCCC1. The molecule has 0 unspecified atom stereocenters. The summed E-state index contributed by atoms with van der Waals surface area (Å²) in [6.45, 7) is 3.13. The maximum Gasteiger partial charge on any atom is 0.223 e. The second kappa shape index (κ2) is 7.00. The van der Waals surface area contributed by atoms with E-state index in [4.69, 9.17) is 0 Å². The molecule has 0 bridgehead atoms. The van der Waals surface area contributed by atoms with Crippen molar-refractivity contribution in [3.63, 3.8) is 0 Å². The molecule has 3 nitrogen and oxygen atoms in total. The zero-order valence-electron chi connectivity index (χ0n) is 10.8. The fraction of sp³-hybridized carbons (Fsp3) is 0.929. The van der Waals surface area contributed by atoms with Gasteiger partial charge in [-0.2, -0.15) is 0 Å². The number of rotatable bonds is 3. The van der Waals surface area contributed by atoms with Crippen molar-refractivity contribution in [3.8, 4) is 0 Å². The number of carbonyl (C=O) groups excluding carboxylic acids is 1. The monoisotopic (exact) mass is 238 g/mol. The summed E-state index contributed by atoms with van der Waals surface area (Å²) in [5, 5.41) is 6.54. The Morgan fingerprint density at radius 3 is 2.29 bits per heavy atom. The molecule has 0 atom stereocenters. The van der Waals surface area contributed by atoms with Gasteiger partial charge < -0.3 is 10.6 Å². The average molecular weight is 238 g/mol. The van der Waals surface area contributed by atoms with Gasteiger partial charge >= 0.3 is 0 Å². The molecule has 0 aromatic heterocycles. The molecule has 1 aliphatic heterocycles. The molecule has 1 heterocycles. The lowest BCUT2D eigenvalue weighted by Gasteiger charge is -2.24. The van der Waals surface area contributed by atoms with E-state index in [1.165, 1.54) is 38.5 Å². The van der Waals surface area contributed by atoms with Gasteiger partial charge in [-0.3, -0.25) is 4.79 Å². The van der Waals surface area contributed by atoms with Crippen LogP contribution >= 0.6 is 0 Å². The largest absolute Gasteiger partial charge is 0.356 e. The van der Waals surface area contributed by atoms with Gasteiger partial charge in [0.2, 0.25) is 5.91 Å². The highest BCUT2D eigenvalue weighted by Crippen LogP contribution is 2.23. The summed E-state index contributed by atoms with van der Waals surface area (Å²) in [6.07, 6.45) is 9.76. The zero-order valence-corrected chi connectivity index (χ0v) is 10.8. The first-order chi connectivity index (χ1) is 8.36. The molecule has 1 saturated carbocycles. The molecule has 1 amide bonds. The van der Waals surface area contributed by atoms with Crippen LogP contribution in [-0.2, 0) is 4.79 Å². The van der Waals surface area contributed by atoms with Crippen molar-refractivity contribution in [2.24, 2.45) is 11.8 Å². The standard InChI is InChI=1S/C14H26N2O/c17-14(13-5-3-1-2-4-6-13)16-11-12-7-9-15-10-8-12/h12-13,15H,1-11H2,(H,16,17). The zero-order chi connectivity index (χ0) is 11.9. The molecular formula is C14H26N2O. The van der Waals surface area contributed by atoms with Gasteiger partial charge in [-0.1, -0.05) is 25.7 Å². The molecule has 17 heavy (non-hydrogen) atoms. The van der Waals surface area contributed by atoms with E-state index in [0.717, 1.165) is 32.5 Å². The lowest BCUT2D eigenvalue weighted by Crippen LogP contribution is -2.38. The molecule has 0 aromatic carbocycles. The summed E-state index contributed by atoms with van der Waals surface area (Å²) in [7, 11) is 0. The highest BCUT2D eigenvalue weighted by Gasteiger charge is 2.21. The summed E-state index contributed by atoms with van der Waals surface area (Å²) in [5.41, 5.74) is 0. The molecule has 0 aromatic rings. The van der Waals surface area contributed by atoms with Crippen LogP contribution < -0.4 is 10.6 Å². The lowest BCUT2D eigenvalue weighted by molar-refractivity contribution is -0.125. The summed E-state index contributed by atoms with van der Waals surface area (Å²) < 4.78 is 0. The van der Waals surface area contributed by atoms with Crippen molar-refractivity contribution in [1.29, 1.82) is 0 Å². The fourth-order valence-electron chi connectivity index (χ4n) is 3.02. The van der Waals surface area contributed by atoms with E-state index in [2.05, 4.69) is 10.6 Å². The Morgan fingerprint density at radius 1 is 1.00 bits per heavy atom. The lowest BCUT2D eigenvalue weighted by atomic mass is 9.96. The first-order valence-electron chi connectivity index (χ1n) is 7.34. The van der Waals surface area contributed by atoms with Gasteiger partial charge in [-0.15, -0.1) is 0 Å². The molecule has 2 rings (SSSR count). The van der Waals surface area contributed by atoms with E-state index >= 15 is 0 Å². The number of piperidine rings is 1. The third-order valence-electron chi connectivity index (χ3n) is 4.25. The molecule has 0 radical (unpaired) electrons. The Hall–Kier alpha value is -0.570. The van der Waals surface area contributed by atoms with Gasteiger partial charge in [0.1, 0.15) is 0 Å². The molecule has 2 fully saturated rings. The number of carbonyl (C=O) groups is 1. The van der Waals surface area contributed by atoms with Gasteiger partial charge in [-0.25, -0.2) is 0 Å². The van der Waals surface area contributed by atoms with Gasteiger partial charge in [-0.05, 0) is 44.7 Å². The van der Waals surface area contributed by atoms with E-state index in [1.807, 2.05) is 0 Å². The molecule has 2 N–H and O–H groups in total. The van der Waals surface area contributed by atoms with Crippen LogP contribution in [0.25, 0.3) is 0 Å². The molecule has 0 spiro atoms.